The lowest BCUT2D eigenvalue weighted by molar-refractivity contribution is -0.138. The predicted octanol–water partition coefficient (Wildman–Crippen LogP) is 1.75. The highest BCUT2D eigenvalue weighted by Gasteiger charge is 2.45. The third-order valence-electron chi connectivity index (χ3n) is 3.02. The summed E-state index contributed by atoms with van der Waals surface area (Å²) >= 11 is 0. The molecule has 1 aliphatic carbocycles. The number of fused-ring (bicyclic) bond motifs is 1. The molecule has 2 aromatic rings. The summed E-state index contributed by atoms with van der Waals surface area (Å²) in [4.78, 5) is 10.8. The van der Waals surface area contributed by atoms with Crippen LogP contribution < -0.4 is 0 Å². The van der Waals surface area contributed by atoms with Crippen LogP contribution in [-0.4, -0.2) is 21.3 Å². The highest BCUT2D eigenvalue weighted by Crippen LogP contribution is 2.49. The number of carboxylic acid groups (broad SMARTS) is 1. The molecule has 15 heavy (non-hydrogen) atoms. The van der Waals surface area contributed by atoms with E-state index in [2.05, 4.69) is 10.2 Å². The van der Waals surface area contributed by atoms with E-state index in [1.807, 2.05) is 18.2 Å². The van der Waals surface area contributed by atoms with Crippen LogP contribution in [0.2, 0.25) is 0 Å². The van der Waals surface area contributed by atoms with Gasteiger partial charge in [0.15, 0.2) is 0 Å². The molecule has 0 spiro atoms. The fourth-order valence-corrected chi connectivity index (χ4v) is 2.11. The molecule has 0 amide bonds. The standard InChI is InChI=1S/C11H10N2O2/c14-11(15)9-4-8(9)7-3-1-2-6-5-12-13-10(6)7/h1-3,5,8-9H,4H2,(H,12,13)(H,14,15)/t8-,9+/m0/s1. The number of carbonyl (C=O) groups is 1. The number of hydrogen-bond acceptors (Lipinski definition) is 2. The number of para-hydroxylation sites is 1. The SMILES string of the molecule is O=C(O)[C@@H]1C[C@H]1c1cccc2cn[nH]c12. The van der Waals surface area contributed by atoms with Crippen LogP contribution in [-0.2, 0) is 4.79 Å². The molecular formula is C11H10N2O2. The summed E-state index contributed by atoms with van der Waals surface area (Å²) in [5, 5.41) is 16.8. The van der Waals surface area contributed by atoms with Gasteiger partial charge in [-0.3, -0.25) is 9.89 Å². The van der Waals surface area contributed by atoms with Crippen LogP contribution in [0, 0.1) is 5.92 Å². The van der Waals surface area contributed by atoms with Crippen molar-refractivity contribution in [2.75, 3.05) is 0 Å². The Labute approximate surface area is 85.9 Å². The minimum atomic E-state index is -0.698. The van der Waals surface area contributed by atoms with Crippen molar-refractivity contribution in [3.05, 3.63) is 30.0 Å². The average molecular weight is 202 g/mol. The maximum absolute atomic E-state index is 10.8. The summed E-state index contributed by atoms with van der Waals surface area (Å²) in [6.07, 6.45) is 2.50. The van der Waals surface area contributed by atoms with Crippen LogP contribution in [0.15, 0.2) is 24.4 Å². The van der Waals surface area contributed by atoms with E-state index in [-0.39, 0.29) is 11.8 Å². The van der Waals surface area contributed by atoms with Crippen molar-refractivity contribution >= 4 is 16.9 Å². The summed E-state index contributed by atoms with van der Waals surface area (Å²) in [5.41, 5.74) is 2.06. The zero-order valence-corrected chi connectivity index (χ0v) is 7.97. The van der Waals surface area contributed by atoms with Crippen LogP contribution in [0.25, 0.3) is 10.9 Å². The Hall–Kier alpha value is -1.84. The Morgan fingerprint density at radius 1 is 1.53 bits per heavy atom. The van der Waals surface area contributed by atoms with Gasteiger partial charge in [0, 0.05) is 11.3 Å². The molecule has 3 rings (SSSR count). The van der Waals surface area contributed by atoms with Crippen molar-refractivity contribution in [1.82, 2.24) is 10.2 Å². The number of benzene rings is 1. The van der Waals surface area contributed by atoms with Gasteiger partial charge in [-0.2, -0.15) is 5.10 Å². The second-order valence-corrected chi connectivity index (χ2v) is 3.97. The number of nitrogens with one attached hydrogen (secondary N) is 1. The average Bonchev–Trinajstić information content (AvgIpc) is 2.87. The van der Waals surface area contributed by atoms with Gasteiger partial charge in [0.05, 0.1) is 17.6 Å². The molecule has 4 heteroatoms. The van der Waals surface area contributed by atoms with Gasteiger partial charge in [0.2, 0.25) is 0 Å². The summed E-state index contributed by atoms with van der Waals surface area (Å²) in [6.45, 7) is 0. The number of aromatic nitrogens is 2. The first-order valence-electron chi connectivity index (χ1n) is 4.92. The molecule has 0 saturated heterocycles. The summed E-state index contributed by atoms with van der Waals surface area (Å²) in [6, 6.07) is 5.90. The zero-order chi connectivity index (χ0) is 10.4. The molecular weight excluding hydrogens is 192 g/mol. The Bertz CT molecular complexity index is 532. The number of H-pyrrole nitrogens is 1. The molecule has 1 aromatic carbocycles. The topological polar surface area (TPSA) is 66.0 Å². The highest BCUT2D eigenvalue weighted by atomic mass is 16.4. The van der Waals surface area contributed by atoms with Gasteiger partial charge in [-0.25, -0.2) is 0 Å². The van der Waals surface area contributed by atoms with Crippen molar-refractivity contribution < 1.29 is 9.90 Å². The predicted molar refractivity (Wildman–Crippen MR) is 54.6 cm³/mol. The second-order valence-electron chi connectivity index (χ2n) is 3.97. The quantitative estimate of drug-likeness (QED) is 0.779. The molecule has 1 saturated carbocycles. The van der Waals surface area contributed by atoms with Crippen LogP contribution in [0.3, 0.4) is 0 Å². The van der Waals surface area contributed by atoms with E-state index in [0.717, 1.165) is 22.9 Å². The minimum absolute atomic E-state index is 0.159. The lowest BCUT2D eigenvalue weighted by atomic mass is 10.1. The summed E-state index contributed by atoms with van der Waals surface area (Å²) in [5.74, 6) is -0.748. The molecule has 1 aliphatic rings. The Morgan fingerprint density at radius 3 is 3.13 bits per heavy atom. The van der Waals surface area contributed by atoms with E-state index in [1.54, 1.807) is 6.20 Å². The maximum atomic E-state index is 10.8. The molecule has 0 radical (unpaired) electrons. The molecule has 1 fully saturated rings. The number of hydrogen-bond donors (Lipinski definition) is 2. The van der Waals surface area contributed by atoms with Crippen molar-refractivity contribution in [2.24, 2.45) is 5.92 Å². The lowest BCUT2D eigenvalue weighted by Crippen LogP contribution is -1.99. The van der Waals surface area contributed by atoms with Crippen LogP contribution >= 0.6 is 0 Å². The summed E-state index contributed by atoms with van der Waals surface area (Å²) in [7, 11) is 0. The van der Waals surface area contributed by atoms with Crippen molar-refractivity contribution in [1.29, 1.82) is 0 Å². The molecule has 2 atom stereocenters. The Balaban J connectivity index is 2.05. The third kappa shape index (κ3) is 1.21. The molecule has 1 heterocycles. The van der Waals surface area contributed by atoms with E-state index in [0.29, 0.717) is 0 Å². The zero-order valence-electron chi connectivity index (χ0n) is 7.97. The van der Waals surface area contributed by atoms with Crippen molar-refractivity contribution in [3.8, 4) is 0 Å². The fraction of sp³-hybridized carbons (Fsp3) is 0.273. The maximum Gasteiger partial charge on any atom is 0.307 e. The third-order valence-corrected chi connectivity index (χ3v) is 3.02. The minimum Gasteiger partial charge on any atom is -0.481 e. The van der Waals surface area contributed by atoms with E-state index < -0.39 is 5.97 Å². The van der Waals surface area contributed by atoms with E-state index in [4.69, 9.17) is 5.11 Å². The van der Waals surface area contributed by atoms with Gasteiger partial charge in [0.1, 0.15) is 0 Å². The van der Waals surface area contributed by atoms with Gasteiger partial charge in [-0.05, 0) is 12.0 Å². The second kappa shape index (κ2) is 2.82. The molecule has 0 unspecified atom stereocenters. The highest BCUT2D eigenvalue weighted by molar-refractivity contribution is 5.84. The molecule has 0 bridgehead atoms. The van der Waals surface area contributed by atoms with E-state index >= 15 is 0 Å². The van der Waals surface area contributed by atoms with Crippen LogP contribution in [0.1, 0.15) is 17.9 Å². The van der Waals surface area contributed by atoms with Gasteiger partial charge >= 0.3 is 5.97 Å². The normalized spacial score (nSPS) is 24.3. The van der Waals surface area contributed by atoms with Crippen LogP contribution in [0.4, 0.5) is 0 Å². The Kier molecular flexibility index (Phi) is 1.59. The van der Waals surface area contributed by atoms with Crippen LogP contribution in [0.5, 0.6) is 0 Å². The van der Waals surface area contributed by atoms with Gasteiger partial charge in [-0.15, -0.1) is 0 Å². The number of nitrogens with zero attached hydrogens (tertiary/aromatic N) is 1. The number of rotatable bonds is 2. The molecule has 4 nitrogen and oxygen atoms in total. The number of aliphatic carboxylic acids is 1. The number of aromatic amines is 1. The summed E-state index contributed by atoms with van der Waals surface area (Å²) < 4.78 is 0. The van der Waals surface area contributed by atoms with E-state index in [9.17, 15) is 4.79 Å². The van der Waals surface area contributed by atoms with Crippen molar-refractivity contribution in [3.63, 3.8) is 0 Å². The lowest BCUT2D eigenvalue weighted by Gasteiger charge is -1.99. The van der Waals surface area contributed by atoms with Crippen molar-refractivity contribution in [2.45, 2.75) is 12.3 Å². The monoisotopic (exact) mass is 202 g/mol. The molecule has 76 valence electrons. The molecule has 2 N–H and O–H groups in total. The first-order chi connectivity index (χ1) is 7.27. The largest absolute Gasteiger partial charge is 0.481 e. The molecule has 0 aliphatic heterocycles. The van der Waals surface area contributed by atoms with E-state index in [1.165, 1.54) is 0 Å². The number of carboxylic acids is 1. The first-order valence-corrected chi connectivity index (χ1v) is 4.92. The van der Waals surface area contributed by atoms with Gasteiger partial charge in [0.25, 0.3) is 0 Å². The smallest absolute Gasteiger partial charge is 0.307 e. The molecule has 1 aromatic heterocycles. The Morgan fingerprint density at radius 2 is 2.40 bits per heavy atom. The van der Waals surface area contributed by atoms with Gasteiger partial charge in [-0.1, -0.05) is 18.2 Å². The fourth-order valence-electron chi connectivity index (χ4n) is 2.11. The van der Waals surface area contributed by atoms with Gasteiger partial charge < -0.3 is 5.11 Å². The first kappa shape index (κ1) is 8.47.